The second-order valence-electron chi connectivity index (χ2n) is 3.84. The fourth-order valence-corrected chi connectivity index (χ4v) is 2.03. The van der Waals surface area contributed by atoms with Crippen molar-refractivity contribution in [3.63, 3.8) is 0 Å². The van der Waals surface area contributed by atoms with Crippen LogP contribution in [0.5, 0.6) is 0 Å². The average molecular weight is 200 g/mol. The standard InChI is InChI=1S/C13H16N2/c1-2-3-8-15-9-4-5-11-10-12(14)6-7-13(11)15/h6-7,10H,4-5,8-9,14H2,1H3. The van der Waals surface area contributed by atoms with E-state index < -0.39 is 0 Å². The van der Waals surface area contributed by atoms with E-state index in [0.29, 0.717) is 0 Å². The van der Waals surface area contributed by atoms with E-state index >= 15 is 0 Å². The van der Waals surface area contributed by atoms with Gasteiger partial charge in [0.05, 0.1) is 6.54 Å². The lowest BCUT2D eigenvalue weighted by molar-refractivity contribution is 0.726. The summed E-state index contributed by atoms with van der Waals surface area (Å²) >= 11 is 0. The molecule has 0 saturated carbocycles. The molecule has 0 aliphatic carbocycles. The number of aryl methyl sites for hydroxylation is 1. The van der Waals surface area contributed by atoms with E-state index in [9.17, 15) is 0 Å². The molecule has 2 N–H and O–H groups in total. The number of fused-ring (bicyclic) bond motifs is 1. The first-order valence-corrected chi connectivity index (χ1v) is 5.34. The van der Waals surface area contributed by atoms with Crippen LogP contribution in [0, 0.1) is 11.8 Å². The van der Waals surface area contributed by atoms with Gasteiger partial charge >= 0.3 is 0 Å². The maximum atomic E-state index is 5.78. The third-order valence-electron chi connectivity index (χ3n) is 2.77. The zero-order valence-electron chi connectivity index (χ0n) is 9.09. The predicted molar refractivity (Wildman–Crippen MR) is 64.8 cm³/mol. The van der Waals surface area contributed by atoms with Crippen molar-refractivity contribution in [2.24, 2.45) is 0 Å². The first kappa shape index (κ1) is 9.92. The molecule has 2 nitrogen and oxygen atoms in total. The van der Waals surface area contributed by atoms with Crippen molar-refractivity contribution < 1.29 is 0 Å². The van der Waals surface area contributed by atoms with Crippen molar-refractivity contribution in [3.05, 3.63) is 23.8 Å². The molecule has 0 spiro atoms. The Bertz CT molecular complexity index is 412. The summed E-state index contributed by atoms with van der Waals surface area (Å²) in [6.45, 7) is 3.81. The summed E-state index contributed by atoms with van der Waals surface area (Å²) in [7, 11) is 0. The number of nitrogens with two attached hydrogens (primary N) is 1. The molecule has 1 aromatic rings. The maximum Gasteiger partial charge on any atom is 0.0794 e. The van der Waals surface area contributed by atoms with E-state index in [4.69, 9.17) is 5.73 Å². The Labute approximate surface area is 91.1 Å². The second-order valence-corrected chi connectivity index (χ2v) is 3.84. The van der Waals surface area contributed by atoms with Gasteiger partial charge in [-0.25, -0.2) is 0 Å². The van der Waals surface area contributed by atoms with Crippen LogP contribution in [0.25, 0.3) is 0 Å². The molecule has 0 unspecified atom stereocenters. The molecule has 0 amide bonds. The summed E-state index contributed by atoms with van der Waals surface area (Å²) in [5.74, 6) is 6.06. The first-order valence-electron chi connectivity index (χ1n) is 5.34. The molecule has 1 heterocycles. The Balaban J connectivity index is 2.28. The van der Waals surface area contributed by atoms with Crippen molar-refractivity contribution in [1.29, 1.82) is 0 Å². The quantitative estimate of drug-likeness (QED) is 0.555. The van der Waals surface area contributed by atoms with E-state index in [1.807, 2.05) is 13.0 Å². The first-order chi connectivity index (χ1) is 7.31. The predicted octanol–water partition coefficient (Wildman–Crippen LogP) is 2.04. The molecule has 78 valence electrons. The van der Waals surface area contributed by atoms with Gasteiger partial charge in [-0.15, -0.1) is 5.92 Å². The number of rotatable bonds is 1. The molecule has 15 heavy (non-hydrogen) atoms. The van der Waals surface area contributed by atoms with Gasteiger partial charge in [0, 0.05) is 17.9 Å². The molecule has 2 heteroatoms. The van der Waals surface area contributed by atoms with E-state index in [0.717, 1.165) is 25.2 Å². The van der Waals surface area contributed by atoms with E-state index in [2.05, 4.69) is 28.9 Å². The minimum Gasteiger partial charge on any atom is -0.399 e. The Morgan fingerprint density at radius 2 is 2.33 bits per heavy atom. The molecule has 2 rings (SSSR count). The smallest absolute Gasteiger partial charge is 0.0794 e. The lowest BCUT2D eigenvalue weighted by Gasteiger charge is -2.29. The van der Waals surface area contributed by atoms with Gasteiger partial charge in [-0.2, -0.15) is 0 Å². The van der Waals surface area contributed by atoms with E-state index in [-0.39, 0.29) is 0 Å². The monoisotopic (exact) mass is 200 g/mol. The maximum absolute atomic E-state index is 5.78. The summed E-state index contributed by atoms with van der Waals surface area (Å²) in [6.07, 6.45) is 2.33. The summed E-state index contributed by atoms with van der Waals surface area (Å²) in [5.41, 5.74) is 9.30. The summed E-state index contributed by atoms with van der Waals surface area (Å²) in [6, 6.07) is 6.17. The van der Waals surface area contributed by atoms with Crippen molar-refractivity contribution in [2.75, 3.05) is 23.7 Å². The van der Waals surface area contributed by atoms with Gasteiger partial charge in [-0.1, -0.05) is 5.92 Å². The van der Waals surface area contributed by atoms with Crippen LogP contribution in [0.15, 0.2) is 18.2 Å². The van der Waals surface area contributed by atoms with Crippen LogP contribution in [-0.4, -0.2) is 13.1 Å². The van der Waals surface area contributed by atoms with Gasteiger partial charge in [0.1, 0.15) is 0 Å². The molecular weight excluding hydrogens is 184 g/mol. The zero-order chi connectivity index (χ0) is 10.7. The molecule has 1 aliphatic rings. The van der Waals surface area contributed by atoms with Crippen molar-refractivity contribution in [2.45, 2.75) is 19.8 Å². The Hall–Kier alpha value is -1.62. The Morgan fingerprint density at radius 3 is 3.13 bits per heavy atom. The van der Waals surface area contributed by atoms with Gasteiger partial charge in [0.2, 0.25) is 0 Å². The second kappa shape index (κ2) is 4.27. The Morgan fingerprint density at radius 1 is 1.47 bits per heavy atom. The molecule has 1 aliphatic heterocycles. The third-order valence-corrected chi connectivity index (χ3v) is 2.77. The minimum atomic E-state index is 0.827. The average Bonchev–Trinajstić information content (AvgIpc) is 2.25. The van der Waals surface area contributed by atoms with Gasteiger partial charge < -0.3 is 10.6 Å². The number of nitrogens with zero attached hydrogens (tertiary/aromatic N) is 1. The summed E-state index contributed by atoms with van der Waals surface area (Å²) in [4.78, 5) is 2.33. The highest BCUT2D eigenvalue weighted by Gasteiger charge is 2.15. The molecule has 0 bridgehead atoms. The number of anilines is 2. The lowest BCUT2D eigenvalue weighted by Crippen LogP contribution is -2.29. The van der Waals surface area contributed by atoms with Gasteiger partial charge in [0.15, 0.2) is 0 Å². The van der Waals surface area contributed by atoms with E-state index in [1.54, 1.807) is 0 Å². The van der Waals surface area contributed by atoms with Crippen LogP contribution >= 0.6 is 0 Å². The lowest BCUT2D eigenvalue weighted by atomic mass is 10.0. The van der Waals surface area contributed by atoms with Crippen LogP contribution in [-0.2, 0) is 6.42 Å². The SMILES string of the molecule is CC#CCN1CCCc2cc(N)ccc21. The molecule has 0 radical (unpaired) electrons. The van der Waals surface area contributed by atoms with Crippen molar-refractivity contribution >= 4 is 11.4 Å². The number of nitrogen functional groups attached to an aromatic ring is 1. The topological polar surface area (TPSA) is 29.3 Å². The minimum absolute atomic E-state index is 0.827. The number of hydrogen-bond acceptors (Lipinski definition) is 2. The van der Waals surface area contributed by atoms with Crippen molar-refractivity contribution in [3.8, 4) is 11.8 Å². The summed E-state index contributed by atoms with van der Waals surface area (Å²) < 4.78 is 0. The highest BCUT2D eigenvalue weighted by molar-refractivity contribution is 5.61. The van der Waals surface area contributed by atoms with Crippen molar-refractivity contribution in [1.82, 2.24) is 0 Å². The van der Waals surface area contributed by atoms with Gasteiger partial charge in [-0.05, 0) is 43.5 Å². The van der Waals surface area contributed by atoms with Gasteiger partial charge in [-0.3, -0.25) is 0 Å². The van der Waals surface area contributed by atoms with Crippen LogP contribution in [0.3, 0.4) is 0 Å². The normalized spacial score (nSPS) is 14.1. The zero-order valence-corrected chi connectivity index (χ0v) is 9.09. The molecular formula is C13H16N2. The molecule has 0 aromatic heterocycles. The number of benzene rings is 1. The van der Waals surface area contributed by atoms with Crippen LogP contribution in [0.4, 0.5) is 11.4 Å². The highest BCUT2D eigenvalue weighted by atomic mass is 15.1. The third kappa shape index (κ3) is 2.07. The largest absolute Gasteiger partial charge is 0.399 e. The highest BCUT2D eigenvalue weighted by Crippen LogP contribution is 2.28. The van der Waals surface area contributed by atoms with E-state index in [1.165, 1.54) is 17.7 Å². The fraction of sp³-hybridized carbons (Fsp3) is 0.385. The molecule has 0 saturated heterocycles. The number of hydrogen-bond donors (Lipinski definition) is 1. The van der Waals surface area contributed by atoms with Crippen LogP contribution in [0.1, 0.15) is 18.9 Å². The van der Waals surface area contributed by atoms with Crippen LogP contribution < -0.4 is 10.6 Å². The Kier molecular flexibility index (Phi) is 2.82. The van der Waals surface area contributed by atoms with Crippen LogP contribution in [0.2, 0.25) is 0 Å². The fourth-order valence-electron chi connectivity index (χ4n) is 2.03. The molecule has 0 fully saturated rings. The molecule has 0 atom stereocenters. The molecule has 1 aromatic carbocycles. The van der Waals surface area contributed by atoms with Gasteiger partial charge in [0.25, 0.3) is 0 Å². The summed E-state index contributed by atoms with van der Waals surface area (Å²) in [5, 5.41) is 0.